The second kappa shape index (κ2) is 7.44. The average molecular weight is 424 g/mol. The number of carbonyl (C=O) groups excluding carboxylic acids is 3. The molecule has 1 fully saturated rings. The van der Waals surface area contributed by atoms with Gasteiger partial charge in [0.25, 0.3) is 5.69 Å². The van der Waals surface area contributed by atoms with Crippen LogP contribution in [0.4, 0.5) is 10.8 Å². The molecule has 2 heterocycles. The lowest BCUT2D eigenvalue weighted by Gasteiger charge is -2.12. The molecule has 0 aliphatic carbocycles. The minimum absolute atomic E-state index is 0.0235. The molecule has 13 heteroatoms. The molecule has 0 atom stereocenters. The van der Waals surface area contributed by atoms with E-state index in [2.05, 4.69) is 10.3 Å². The first-order valence-electron chi connectivity index (χ1n) is 7.77. The summed E-state index contributed by atoms with van der Waals surface area (Å²) in [5, 5.41) is 13.0. The fourth-order valence-corrected chi connectivity index (χ4v) is 4.85. The standard InChI is InChI=1S/C15H12N4O7S2/c20-11(8-18-12(21)5-6-13(18)22)17-15-16-7-14(27-15)28(25,26)10-3-1-9(2-4-10)19(23)24/h1-4,7H,5-6,8H2,(H,16,17,20). The van der Waals surface area contributed by atoms with Gasteiger partial charge in [-0.1, -0.05) is 11.3 Å². The zero-order valence-corrected chi connectivity index (χ0v) is 15.7. The summed E-state index contributed by atoms with van der Waals surface area (Å²) < 4.78 is 25.0. The lowest BCUT2D eigenvalue weighted by Crippen LogP contribution is -2.36. The number of anilines is 1. The lowest BCUT2D eigenvalue weighted by molar-refractivity contribution is -0.384. The number of amides is 3. The zero-order valence-electron chi connectivity index (χ0n) is 14.0. The van der Waals surface area contributed by atoms with Crippen molar-refractivity contribution in [2.45, 2.75) is 21.9 Å². The molecule has 28 heavy (non-hydrogen) atoms. The zero-order chi connectivity index (χ0) is 20.5. The summed E-state index contributed by atoms with van der Waals surface area (Å²) in [6, 6.07) is 4.35. The predicted molar refractivity (Wildman–Crippen MR) is 95.2 cm³/mol. The minimum Gasteiger partial charge on any atom is -0.300 e. The molecule has 0 saturated carbocycles. The third kappa shape index (κ3) is 3.89. The van der Waals surface area contributed by atoms with Gasteiger partial charge >= 0.3 is 0 Å². The smallest absolute Gasteiger partial charge is 0.269 e. The van der Waals surface area contributed by atoms with Crippen molar-refractivity contribution >= 4 is 49.7 Å². The fourth-order valence-electron chi connectivity index (χ4n) is 2.41. The molecule has 0 spiro atoms. The molecular weight excluding hydrogens is 412 g/mol. The highest BCUT2D eigenvalue weighted by molar-refractivity contribution is 7.93. The summed E-state index contributed by atoms with van der Waals surface area (Å²) >= 11 is 0.680. The number of carbonyl (C=O) groups is 3. The van der Waals surface area contributed by atoms with Gasteiger partial charge in [0.1, 0.15) is 10.8 Å². The first-order chi connectivity index (χ1) is 13.2. The number of thiazole rings is 1. The molecule has 1 saturated heterocycles. The normalized spacial score (nSPS) is 14.4. The molecule has 0 unspecified atom stereocenters. The van der Waals surface area contributed by atoms with Gasteiger partial charge in [0, 0.05) is 25.0 Å². The van der Waals surface area contributed by atoms with Crippen molar-refractivity contribution in [1.82, 2.24) is 9.88 Å². The van der Waals surface area contributed by atoms with E-state index in [1.54, 1.807) is 0 Å². The Hall–Kier alpha value is -3.19. The van der Waals surface area contributed by atoms with Crippen LogP contribution in [0.2, 0.25) is 0 Å². The number of likely N-dealkylation sites (tertiary alicyclic amines) is 1. The predicted octanol–water partition coefficient (Wildman–Crippen LogP) is 0.972. The average Bonchev–Trinajstić information content (AvgIpc) is 3.24. The molecule has 1 aliphatic rings. The largest absolute Gasteiger partial charge is 0.300 e. The van der Waals surface area contributed by atoms with E-state index in [4.69, 9.17) is 0 Å². The van der Waals surface area contributed by atoms with Gasteiger partial charge in [-0.05, 0) is 12.1 Å². The SMILES string of the molecule is O=C(CN1C(=O)CCC1=O)Nc1ncc(S(=O)(=O)c2ccc([N+](=O)[O-])cc2)s1. The van der Waals surface area contributed by atoms with E-state index in [9.17, 15) is 32.9 Å². The molecule has 1 aromatic carbocycles. The van der Waals surface area contributed by atoms with Crippen LogP contribution in [0, 0.1) is 10.1 Å². The van der Waals surface area contributed by atoms with Crippen molar-refractivity contribution in [2.24, 2.45) is 0 Å². The number of non-ortho nitro benzene ring substituents is 1. The van der Waals surface area contributed by atoms with Crippen LogP contribution in [-0.2, 0) is 24.2 Å². The number of rotatable bonds is 6. The number of hydrogen-bond donors (Lipinski definition) is 1. The van der Waals surface area contributed by atoms with Gasteiger partial charge in [0.15, 0.2) is 5.13 Å². The maximum Gasteiger partial charge on any atom is 0.269 e. The van der Waals surface area contributed by atoms with E-state index in [0.717, 1.165) is 35.4 Å². The number of nitrogens with zero attached hydrogens (tertiary/aromatic N) is 3. The second-order valence-electron chi connectivity index (χ2n) is 5.66. The summed E-state index contributed by atoms with van der Waals surface area (Å²) in [7, 11) is -3.97. The summed E-state index contributed by atoms with van der Waals surface area (Å²) in [4.78, 5) is 49.5. The van der Waals surface area contributed by atoms with Gasteiger partial charge in [0.05, 0.1) is 16.0 Å². The highest BCUT2D eigenvalue weighted by atomic mass is 32.2. The van der Waals surface area contributed by atoms with Crippen LogP contribution in [0.5, 0.6) is 0 Å². The second-order valence-corrected chi connectivity index (χ2v) is 8.87. The number of hydrogen-bond acceptors (Lipinski definition) is 9. The van der Waals surface area contributed by atoms with E-state index in [0.29, 0.717) is 11.3 Å². The number of sulfone groups is 1. The molecule has 3 amide bonds. The van der Waals surface area contributed by atoms with E-state index < -0.39 is 39.0 Å². The topological polar surface area (TPSA) is 157 Å². The molecular formula is C15H12N4O7S2. The van der Waals surface area contributed by atoms with Crippen molar-refractivity contribution in [3.8, 4) is 0 Å². The summed E-state index contributed by atoms with van der Waals surface area (Å²) in [5.41, 5.74) is -0.248. The van der Waals surface area contributed by atoms with Gasteiger partial charge < -0.3 is 5.32 Å². The van der Waals surface area contributed by atoms with Crippen LogP contribution < -0.4 is 5.32 Å². The summed E-state index contributed by atoms with van der Waals surface area (Å²) in [6.45, 7) is -0.471. The van der Waals surface area contributed by atoms with Crippen molar-refractivity contribution in [1.29, 1.82) is 0 Å². The van der Waals surface area contributed by atoms with Crippen molar-refractivity contribution in [3.05, 3.63) is 40.6 Å². The third-order valence-corrected chi connectivity index (χ3v) is 6.95. The Morgan fingerprint density at radius 1 is 1.21 bits per heavy atom. The number of nitro groups is 1. The van der Waals surface area contributed by atoms with Gasteiger partial charge in [-0.15, -0.1) is 0 Å². The van der Waals surface area contributed by atoms with Crippen LogP contribution in [0.1, 0.15) is 12.8 Å². The van der Waals surface area contributed by atoms with Crippen LogP contribution in [-0.4, -0.2) is 47.5 Å². The Morgan fingerprint density at radius 2 is 1.82 bits per heavy atom. The Bertz CT molecular complexity index is 1060. The number of imide groups is 1. The monoisotopic (exact) mass is 424 g/mol. The lowest BCUT2D eigenvalue weighted by atomic mass is 10.3. The Labute approximate surface area is 162 Å². The first kappa shape index (κ1) is 19.6. The molecule has 11 nitrogen and oxygen atoms in total. The Kier molecular flexibility index (Phi) is 5.20. The number of aromatic nitrogens is 1. The highest BCUT2D eigenvalue weighted by Crippen LogP contribution is 2.29. The number of nitrogens with one attached hydrogen (secondary N) is 1. The van der Waals surface area contributed by atoms with Gasteiger partial charge in [-0.25, -0.2) is 13.4 Å². The van der Waals surface area contributed by atoms with Gasteiger partial charge in [-0.3, -0.25) is 29.4 Å². The van der Waals surface area contributed by atoms with Crippen LogP contribution in [0.3, 0.4) is 0 Å². The Balaban J connectivity index is 1.72. The summed E-state index contributed by atoms with van der Waals surface area (Å²) in [6.07, 6.45) is 1.16. The van der Waals surface area contributed by atoms with E-state index in [-0.39, 0.29) is 32.8 Å². The number of nitro benzene ring substituents is 1. The molecule has 0 radical (unpaired) electrons. The van der Waals surface area contributed by atoms with Crippen LogP contribution in [0.25, 0.3) is 0 Å². The highest BCUT2D eigenvalue weighted by Gasteiger charge is 2.30. The molecule has 2 aromatic rings. The molecule has 3 rings (SSSR count). The van der Waals surface area contributed by atoms with E-state index >= 15 is 0 Å². The minimum atomic E-state index is -3.97. The Morgan fingerprint density at radius 3 is 2.39 bits per heavy atom. The molecule has 1 N–H and O–H groups in total. The van der Waals surface area contributed by atoms with Gasteiger partial charge in [0.2, 0.25) is 27.6 Å². The van der Waals surface area contributed by atoms with Crippen molar-refractivity contribution in [2.75, 3.05) is 11.9 Å². The molecule has 1 aliphatic heterocycles. The third-order valence-electron chi connectivity index (χ3n) is 3.81. The fraction of sp³-hybridized carbons (Fsp3) is 0.200. The molecule has 0 bridgehead atoms. The quantitative estimate of drug-likeness (QED) is 0.408. The number of benzene rings is 1. The molecule has 146 valence electrons. The first-order valence-corrected chi connectivity index (χ1v) is 10.1. The maximum absolute atomic E-state index is 12.6. The van der Waals surface area contributed by atoms with Crippen molar-refractivity contribution < 1.29 is 27.7 Å². The van der Waals surface area contributed by atoms with E-state index in [1.807, 2.05) is 0 Å². The van der Waals surface area contributed by atoms with Gasteiger partial charge in [-0.2, -0.15) is 0 Å². The molecule has 1 aromatic heterocycles. The summed E-state index contributed by atoms with van der Waals surface area (Å²) in [5.74, 6) is -1.57. The van der Waals surface area contributed by atoms with Crippen molar-refractivity contribution in [3.63, 3.8) is 0 Å². The van der Waals surface area contributed by atoms with Crippen LogP contribution >= 0.6 is 11.3 Å². The van der Waals surface area contributed by atoms with Crippen LogP contribution in [0.15, 0.2) is 39.6 Å². The maximum atomic E-state index is 12.6. The van der Waals surface area contributed by atoms with E-state index in [1.165, 1.54) is 0 Å².